The summed E-state index contributed by atoms with van der Waals surface area (Å²) in [6.07, 6.45) is 5.88. The fraction of sp³-hybridized carbons (Fsp3) is 0.235. The third-order valence-electron chi connectivity index (χ3n) is 3.69. The minimum Gasteiger partial charge on any atom is -0.327 e. The van der Waals surface area contributed by atoms with Crippen molar-refractivity contribution in [3.05, 3.63) is 60.4 Å². The Hall–Kier alpha value is -2.13. The molecule has 0 saturated heterocycles. The lowest BCUT2D eigenvalue weighted by molar-refractivity contribution is 0.648. The van der Waals surface area contributed by atoms with Gasteiger partial charge >= 0.3 is 0 Å². The van der Waals surface area contributed by atoms with Crippen molar-refractivity contribution >= 4 is 11.0 Å². The molecule has 0 bridgehead atoms. The topological polar surface area (TPSA) is 43.8 Å². The second-order valence-electron chi connectivity index (χ2n) is 5.11. The van der Waals surface area contributed by atoms with Gasteiger partial charge in [0.05, 0.1) is 0 Å². The van der Waals surface area contributed by atoms with E-state index in [9.17, 15) is 0 Å². The van der Waals surface area contributed by atoms with Crippen molar-refractivity contribution in [3.63, 3.8) is 0 Å². The van der Waals surface area contributed by atoms with E-state index in [1.54, 1.807) is 0 Å². The van der Waals surface area contributed by atoms with E-state index in [2.05, 4.69) is 40.9 Å². The van der Waals surface area contributed by atoms with Crippen LogP contribution in [0.1, 0.15) is 18.9 Å². The highest BCUT2D eigenvalue weighted by atomic mass is 15.0. The summed E-state index contributed by atoms with van der Waals surface area (Å²) >= 11 is 0. The molecule has 0 saturated carbocycles. The summed E-state index contributed by atoms with van der Waals surface area (Å²) in [5.74, 6) is 0. The summed E-state index contributed by atoms with van der Waals surface area (Å²) in [5, 5.41) is 1.19. The summed E-state index contributed by atoms with van der Waals surface area (Å²) in [4.78, 5) is 4.53. The Labute approximate surface area is 119 Å². The van der Waals surface area contributed by atoms with Crippen LogP contribution in [-0.2, 0) is 6.42 Å². The van der Waals surface area contributed by atoms with Crippen LogP contribution >= 0.6 is 0 Å². The van der Waals surface area contributed by atoms with Crippen LogP contribution in [0.5, 0.6) is 0 Å². The van der Waals surface area contributed by atoms with Crippen LogP contribution in [0.2, 0.25) is 0 Å². The van der Waals surface area contributed by atoms with Gasteiger partial charge in [0.1, 0.15) is 5.65 Å². The second kappa shape index (κ2) is 5.47. The summed E-state index contributed by atoms with van der Waals surface area (Å²) < 4.78 is 2.15. The zero-order valence-corrected chi connectivity index (χ0v) is 11.7. The Morgan fingerprint density at radius 3 is 2.70 bits per heavy atom. The highest BCUT2D eigenvalue weighted by molar-refractivity contribution is 5.82. The van der Waals surface area contributed by atoms with Gasteiger partial charge in [-0.3, -0.25) is 0 Å². The largest absolute Gasteiger partial charge is 0.327 e. The fourth-order valence-electron chi connectivity index (χ4n) is 2.50. The molecule has 0 aliphatic rings. The molecule has 1 atom stereocenters. The first-order valence-corrected chi connectivity index (χ1v) is 7.05. The molecule has 20 heavy (non-hydrogen) atoms. The Balaban J connectivity index is 2.14. The highest BCUT2D eigenvalue weighted by Crippen LogP contribution is 2.24. The van der Waals surface area contributed by atoms with Gasteiger partial charge in [-0.05, 0) is 42.7 Å². The Bertz CT molecular complexity index is 701. The van der Waals surface area contributed by atoms with Crippen LogP contribution in [-0.4, -0.2) is 15.6 Å². The Morgan fingerprint density at radius 1 is 1.15 bits per heavy atom. The van der Waals surface area contributed by atoms with Crippen molar-refractivity contribution in [3.8, 4) is 5.69 Å². The molecule has 0 aliphatic carbocycles. The molecule has 3 rings (SSSR count). The van der Waals surface area contributed by atoms with Gasteiger partial charge in [0.25, 0.3) is 0 Å². The standard InChI is InChI=1S/C17H19N3/c1-2-14(18)11-13-12-20(15-7-4-3-5-8-15)17-16(13)9-6-10-19-17/h3-10,12,14H,2,11,18H2,1H3. The quantitative estimate of drug-likeness (QED) is 0.786. The maximum atomic E-state index is 6.11. The van der Waals surface area contributed by atoms with Gasteiger partial charge in [0, 0.05) is 29.5 Å². The summed E-state index contributed by atoms with van der Waals surface area (Å²) in [5.41, 5.74) is 9.51. The van der Waals surface area contributed by atoms with Gasteiger partial charge in [-0.15, -0.1) is 0 Å². The van der Waals surface area contributed by atoms with Gasteiger partial charge in [-0.1, -0.05) is 25.1 Å². The van der Waals surface area contributed by atoms with Gasteiger partial charge in [0.2, 0.25) is 0 Å². The molecular formula is C17H19N3. The van der Waals surface area contributed by atoms with Crippen LogP contribution in [0.4, 0.5) is 0 Å². The molecule has 2 heterocycles. The van der Waals surface area contributed by atoms with Gasteiger partial charge in [0.15, 0.2) is 0 Å². The lowest BCUT2D eigenvalue weighted by Gasteiger charge is -2.06. The molecule has 0 fully saturated rings. The number of rotatable bonds is 4. The fourth-order valence-corrected chi connectivity index (χ4v) is 2.50. The lowest BCUT2D eigenvalue weighted by Crippen LogP contribution is -2.21. The molecule has 1 aromatic carbocycles. The zero-order chi connectivity index (χ0) is 13.9. The molecule has 0 radical (unpaired) electrons. The molecular weight excluding hydrogens is 246 g/mol. The first-order valence-electron chi connectivity index (χ1n) is 7.05. The van der Waals surface area contributed by atoms with Gasteiger partial charge in [-0.2, -0.15) is 0 Å². The number of nitrogens with zero attached hydrogens (tertiary/aromatic N) is 2. The summed E-state index contributed by atoms with van der Waals surface area (Å²) in [6.45, 7) is 2.12. The molecule has 102 valence electrons. The van der Waals surface area contributed by atoms with E-state index in [0.717, 1.165) is 24.2 Å². The molecule has 0 aliphatic heterocycles. The molecule has 3 heteroatoms. The Morgan fingerprint density at radius 2 is 1.95 bits per heavy atom. The minimum absolute atomic E-state index is 0.199. The predicted octanol–water partition coefficient (Wildman–Crippen LogP) is 3.31. The number of aromatic nitrogens is 2. The average Bonchev–Trinajstić information content (AvgIpc) is 2.87. The molecule has 3 nitrogen and oxygen atoms in total. The number of para-hydroxylation sites is 1. The van der Waals surface area contributed by atoms with E-state index in [-0.39, 0.29) is 6.04 Å². The van der Waals surface area contributed by atoms with Crippen LogP contribution in [0.15, 0.2) is 54.9 Å². The molecule has 1 unspecified atom stereocenters. The van der Waals surface area contributed by atoms with Crippen molar-refractivity contribution in [2.24, 2.45) is 5.73 Å². The first-order chi connectivity index (χ1) is 9.79. The van der Waals surface area contributed by atoms with E-state index < -0.39 is 0 Å². The number of benzene rings is 1. The minimum atomic E-state index is 0.199. The van der Waals surface area contributed by atoms with E-state index in [0.29, 0.717) is 0 Å². The maximum absolute atomic E-state index is 6.11. The van der Waals surface area contributed by atoms with Crippen molar-refractivity contribution in [2.75, 3.05) is 0 Å². The SMILES string of the molecule is CCC(N)Cc1cn(-c2ccccc2)c2ncccc12. The highest BCUT2D eigenvalue weighted by Gasteiger charge is 2.12. The number of nitrogens with two attached hydrogens (primary N) is 1. The van der Waals surface area contributed by atoms with Crippen LogP contribution < -0.4 is 5.73 Å². The molecule has 2 aromatic heterocycles. The maximum Gasteiger partial charge on any atom is 0.144 e. The lowest BCUT2D eigenvalue weighted by atomic mass is 10.1. The monoisotopic (exact) mass is 265 g/mol. The number of pyridine rings is 1. The van der Waals surface area contributed by atoms with Gasteiger partial charge in [-0.25, -0.2) is 4.98 Å². The number of fused-ring (bicyclic) bond motifs is 1. The Kier molecular flexibility index (Phi) is 3.52. The normalized spacial score (nSPS) is 12.7. The van der Waals surface area contributed by atoms with E-state index in [1.807, 2.05) is 30.5 Å². The van der Waals surface area contributed by atoms with Gasteiger partial charge < -0.3 is 10.3 Å². The second-order valence-corrected chi connectivity index (χ2v) is 5.11. The molecule has 2 N–H and O–H groups in total. The third-order valence-corrected chi connectivity index (χ3v) is 3.69. The van der Waals surface area contributed by atoms with Crippen molar-refractivity contribution in [2.45, 2.75) is 25.8 Å². The van der Waals surface area contributed by atoms with E-state index in [1.165, 1.54) is 10.9 Å². The van der Waals surface area contributed by atoms with Crippen molar-refractivity contribution in [1.82, 2.24) is 9.55 Å². The summed E-state index contributed by atoms with van der Waals surface area (Å²) in [7, 11) is 0. The zero-order valence-electron chi connectivity index (χ0n) is 11.7. The van der Waals surface area contributed by atoms with Crippen LogP contribution in [0, 0.1) is 0 Å². The molecule has 0 spiro atoms. The van der Waals surface area contributed by atoms with Crippen LogP contribution in [0.3, 0.4) is 0 Å². The smallest absolute Gasteiger partial charge is 0.144 e. The molecule has 3 aromatic rings. The third kappa shape index (κ3) is 2.32. The van der Waals surface area contributed by atoms with Crippen molar-refractivity contribution in [1.29, 1.82) is 0 Å². The number of hydrogen-bond donors (Lipinski definition) is 1. The van der Waals surface area contributed by atoms with E-state index in [4.69, 9.17) is 5.73 Å². The average molecular weight is 265 g/mol. The predicted molar refractivity (Wildman–Crippen MR) is 83.0 cm³/mol. The summed E-state index contributed by atoms with van der Waals surface area (Å²) in [6, 6.07) is 14.6. The van der Waals surface area contributed by atoms with Crippen LogP contribution in [0.25, 0.3) is 16.7 Å². The molecule has 0 amide bonds. The van der Waals surface area contributed by atoms with Crippen molar-refractivity contribution < 1.29 is 0 Å². The first kappa shape index (κ1) is 12.9. The number of hydrogen-bond acceptors (Lipinski definition) is 2. The van der Waals surface area contributed by atoms with E-state index >= 15 is 0 Å².